The number of hydrogen-bond acceptors (Lipinski definition) is 5. The van der Waals surface area contributed by atoms with Gasteiger partial charge in [-0.05, 0) is 41.7 Å². The van der Waals surface area contributed by atoms with Crippen LogP contribution in [0, 0.1) is 0 Å². The van der Waals surface area contributed by atoms with E-state index in [0.29, 0.717) is 50.2 Å². The molecular weight excluding hydrogens is 502 g/mol. The highest BCUT2D eigenvalue weighted by Gasteiger charge is 2.42. The summed E-state index contributed by atoms with van der Waals surface area (Å²) in [6.45, 7) is 0.947. The van der Waals surface area contributed by atoms with E-state index in [1.54, 1.807) is 18.2 Å². The number of aliphatic hydroxyl groups excluding tert-OH is 1. The lowest BCUT2D eigenvalue weighted by Crippen LogP contribution is -2.53. The summed E-state index contributed by atoms with van der Waals surface area (Å²) in [5.41, 5.74) is 2.87. The molecule has 5 rings (SSSR count). The van der Waals surface area contributed by atoms with Gasteiger partial charge in [0.15, 0.2) is 0 Å². The fourth-order valence-electron chi connectivity index (χ4n) is 5.64. The van der Waals surface area contributed by atoms with Gasteiger partial charge in [0.05, 0.1) is 24.8 Å². The fourth-order valence-corrected chi connectivity index (χ4v) is 7.06. The third kappa shape index (κ3) is 5.19. The molecule has 3 N–H and O–H groups in total. The Kier molecular flexibility index (Phi) is 7.54. The van der Waals surface area contributed by atoms with Gasteiger partial charge in [0, 0.05) is 31.5 Å². The maximum atomic E-state index is 13.4. The molecule has 1 heterocycles. The lowest BCUT2D eigenvalue weighted by molar-refractivity contribution is 0.0929. The Balaban J connectivity index is 1.31. The van der Waals surface area contributed by atoms with E-state index in [9.17, 15) is 18.3 Å². The predicted octanol–water partition coefficient (Wildman–Crippen LogP) is 2.95. The number of ether oxygens (including phenoxy) is 1. The van der Waals surface area contributed by atoms with Crippen molar-refractivity contribution in [1.29, 1.82) is 0 Å². The minimum absolute atomic E-state index is 0.233. The molecule has 0 aromatic heterocycles. The van der Waals surface area contributed by atoms with Crippen LogP contribution < -0.4 is 14.8 Å². The number of amides is 1. The zero-order valence-corrected chi connectivity index (χ0v) is 22.2. The van der Waals surface area contributed by atoms with Crippen LogP contribution in [-0.4, -0.2) is 56.6 Å². The lowest BCUT2D eigenvalue weighted by Gasteiger charge is -2.42. The van der Waals surface area contributed by atoms with Gasteiger partial charge in [-0.1, -0.05) is 66.7 Å². The number of benzene rings is 3. The maximum Gasteiger partial charge on any atom is 0.280 e. The van der Waals surface area contributed by atoms with Gasteiger partial charge in [-0.25, -0.2) is 0 Å². The van der Waals surface area contributed by atoms with E-state index in [0.717, 1.165) is 16.7 Å². The Bertz CT molecular complexity index is 1390. The van der Waals surface area contributed by atoms with Crippen LogP contribution in [-0.2, 0) is 22.0 Å². The molecule has 1 saturated heterocycles. The Morgan fingerprint density at radius 1 is 1.00 bits per heavy atom. The SMILES string of the molecule is COc1ccccc1C(=O)NCC1(c2ccccc2)CCN(S(=O)(=O)N[C@@H]2c3ccccc3C[C@@H]2O)CC1. The monoisotopic (exact) mass is 535 g/mol. The largest absolute Gasteiger partial charge is 0.496 e. The Morgan fingerprint density at radius 2 is 1.66 bits per heavy atom. The molecule has 3 aromatic rings. The smallest absolute Gasteiger partial charge is 0.280 e. The minimum atomic E-state index is -3.84. The van der Waals surface area contributed by atoms with E-state index >= 15 is 0 Å². The second kappa shape index (κ2) is 10.9. The topological polar surface area (TPSA) is 108 Å². The fraction of sp³-hybridized carbons (Fsp3) is 0.345. The average molecular weight is 536 g/mol. The van der Waals surface area contributed by atoms with Crippen LogP contribution in [0.25, 0.3) is 0 Å². The van der Waals surface area contributed by atoms with Crippen molar-refractivity contribution in [3.8, 4) is 5.75 Å². The van der Waals surface area contributed by atoms with Gasteiger partial charge >= 0.3 is 0 Å². The third-order valence-electron chi connectivity index (χ3n) is 7.82. The van der Waals surface area contributed by atoms with Gasteiger partial charge in [-0.15, -0.1) is 0 Å². The molecule has 0 radical (unpaired) electrons. The molecule has 2 atom stereocenters. The van der Waals surface area contributed by atoms with Crippen molar-refractivity contribution in [3.63, 3.8) is 0 Å². The molecule has 8 nitrogen and oxygen atoms in total. The average Bonchev–Trinajstić information content (AvgIpc) is 3.26. The molecule has 200 valence electrons. The van der Waals surface area contributed by atoms with Gasteiger partial charge < -0.3 is 15.2 Å². The van der Waals surface area contributed by atoms with E-state index in [1.807, 2.05) is 60.7 Å². The van der Waals surface area contributed by atoms with Gasteiger partial charge in [-0.2, -0.15) is 17.4 Å². The van der Waals surface area contributed by atoms with E-state index in [2.05, 4.69) is 10.0 Å². The second-order valence-corrected chi connectivity index (χ2v) is 11.7. The van der Waals surface area contributed by atoms with Crippen molar-refractivity contribution in [1.82, 2.24) is 14.3 Å². The molecule has 1 amide bonds. The summed E-state index contributed by atoms with van der Waals surface area (Å²) in [7, 11) is -2.31. The molecule has 9 heteroatoms. The van der Waals surface area contributed by atoms with Crippen LogP contribution in [0.3, 0.4) is 0 Å². The van der Waals surface area contributed by atoms with Crippen LogP contribution in [0.2, 0.25) is 0 Å². The van der Waals surface area contributed by atoms with Gasteiger partial charge in [-0.3, -0.25) is 4.79 Å². The normalized spacial score (nSPS) is 21.0. The van der Waals surface area contributed by atoms with Crippen LogP contribution >= 0.6 is 0 Å². The number of nitrogens with one attached hydrogen (secondary N) is 2. The Morgan fingerprint density at radius 3 is 2.39 bits per heavy atom. The summed E-state index contributed by atoms with van der Waals surface area (Å²) >= 11 is 0. The summed E-state index contributed by atoms with van der Waals surface area (Å²) in [5.74, 6) is 0.268. The molecule has 3 aromatic carbocycles. The number of methoxy groups -OCH3 is 1. The predicted molar refractivity (Wildman–Crippen MR) is 145 cm³/mol. The first-order valence-corrected chi connectivity index (χ1v) is 14.3. The summed E-state index contributed by atoms with van der Waals surface area (Å²) in [6.07, 6.45) is 0.689. The van der Waals surface area contributed by atoms with Crippen molar-refractivity contribution < 1.29 is 23.1 Å². The minimum Gasteiger partial charge on any atom is -0.496 e. The van der Waals surface area contributed by atoms with Crippen molar-refractivity contribution in [3.05, 3.63) is 101 Å². The highest BCUT2D eigenvalue weighted by molar-refractivity contribution is 7.87. The molecule has 1 fully saturated rings. The first-order chi connectivity index (χ1) is 18.3. The summed E-state index contributed by atoms with van der Waals surface area (Å²) in [5, 5.41) is 13.6. The second-order valence-electron chi connectivity index (χ2n) is 10.00. The number of nitrogens with zero attached hydrogens (tertiary/aromatic N) is 1. The van der Waals surface area contributed by atoms with Crippen molar-refractivity contribution in [2.45, 2.75) is 36.8 Å². The van der Waals surface area contributed by atoms with Gasteiger partial charge in [0.1, 0.15) is 5.75 Å². The molecule has 0 unspecified atom stereocenters. The van der Waals surface area contributed by atoms with Crippen LogP contribution in [0.1, 0.15) is 45.9 Å². The number of carbonyl (C=O) groups excluding carboxylic acids is 1. The number of rotatable bonds is 8. The molecule has 1 aliphatic carbocycles. The number of aliphatic hydroxyl groups is 1. The molecule has 0 bridgehead atoms. The number of piperidine rings is 1. The van der Waals surface area contributed by atoms with E-state index in [1.165, 1.54) is 11.4 Å². The van der Waals surface area contributed by atoms with Crippen LogP contribution in [0.4, 0.5) is 0 Å². The zero-order chi connectivity index (χ0) is 26.8. The van der Waals surface area contributed by atoms with Crippen molar-refractivity contribution in [2.24, 2.45) is 0 Å². The van der Waals surface area contributed by atoms with E-state index in [-0.39, 0.29) is 5.91 Å². The molecule has 1 aliphatic heterocycles. The first-order valence-electron chi connectivity index (χ1n) is 12.8. The molecule has 38 heavy (non-hydrogen) atoms. The standard InChI is InChI=1S/C29H33N3O5S/c1-37-26-14-8-7-13-24(26)28(34)30-20-29(22-10-3-2-4-11-22)15-17-32(18-16-29)38(35,36)31-27-23-12-6-5-9-21(23)19-25(27)33/h2-14,25,27,31,33H,15-20H2,1H3,(H,30,34)/t25-,27+/m0/s1. The summed E-state index contributed by atoms with van der Waals surface area (Å²) in [4.78, 5) is 13.1. The zero-order valence-electron chi connectivity index (χ0n) is 21.3. The molecule has 0 spiro atoms. The Hall–Kier alpha value is -3.24. The van der Waals surface area contributed by atoms with Crippen molar-refractivity contribution >= 4 is 16.1 Å². The van der Waals surface area contributed by atoms with Crippen LogP contribution in [0.15, 0.2) is 78.9 Å². The number of hydrogen-bond donors (Lipinski definition) is 3. The summed E-state index contributed by atoms with van der Waals surface area (Å²) < 4.78 is 36.3. The maximum absolute atomic E-state index is 13.4. The summed E-state index contributed by atoms with van der Waals surface area (Å²) in [6, 6.07) is 23.9. The van der Waals surface area contributed by atoms with Crippen molar-refractivity contribution in [2.75, 3.05) is 26.7 Å². The van der Waals surface area contributed by atoms with Crippen LogP contribution in [0.5, 0.6) is 5.75 Å². The Labute approximate surface area is 223 Å². The molecule has 0 saturated carbocycles. The first kappa shape index (κ1) is 26.4. The third-order valence-corrected chi connectivity index (χ3v) is 9.42. The number of carbonyl (C=O) groups is 1. The van der Waals surface area contributed by atoms with E-state index < -0.39 is 27.8 Å². The van der Waals surface area contributed by atoms with Gasteiger partial charge in [0.2, 0.25) is 0 Å². The molecule has 2 aliphatic rings. The lowest BCUT2D eigenvalue weighted by atomic mass is 9.73. The quantitative estimate of drug-likeness (QED) is 0.411. The van der Waals surface area contributed by atoms with E-state index in [4.69, 9.17) is 4.74 Å². The highest BCUT2D eigenvalue weighted by atomic mass is 32.2. The molecular formula is C29H33N3O5S. The number of para-hydroxylation sites is 1. The highest BCUT2D eigenvalue weighted by Crippen LogP contribution is 2.37. The number of fused-ring (bicyclic) bond motifs is 1. The van der Waals surface area contributed by atoms with Gasteiger partial charge in [0.25, 0.3) is 16.1 Å².